The smallest absolute Gasteiger partial charge is 0.324 e. The lowest BCUT2D eigenvalue weighted by atomic mass is 10.1. The van der Waals surface area contributed by atoms with Crippen LogP contribution in [0.1, 0.15) is 11.1 Å². The number of amides is 1. The third-order valence-corrected chi connectivity index (χ3v) is 2.25. The summed E-state index contributed by atoms with van der Waals surface area (Å²) in [6.45, 7) is 0.0849. The van der Waals surface area contributed by atoms with Gasteiger partial charge in [0.2, 0.25) is 5.91 Å². The Morgan fingerprint density at radius 2 is 2.10 bits per heavy atom. The molecule has 0 aromatic heterocycles. The molecule has 0 heterocycles. The average molecular weight is 281 g/mol. The summed E-state index contributed by atoms with van der Waals surface area (Å²) in [4.78, 5) is 11.5. The molecular formula is C13H10F3N3O. The van der Waals surface area contributed by atoms with Crippen molar-refractivity contribution in [3.05, 3.63) is 29.3 Å². The van der Waals surface area contributed by atoms with Gasteiger partial charge >= 0.3 is 6.18 Å². The van der Waals surface area contributed by atoms with Crippen LogP contribution in [0, 0.1) is 23.7 Å². The Morgan fingerprint density at radius 3 is 2.65 bits per heavy atom. The van der Waals surface area contributed by atoms with Crippen molar-refractivity contribution in [1.29, 1.82) is 5.26 Å². The van der Waals surface area contributed by atoms with E-state index in [4.69, 9.17) is 11.7 Å². The molecule has 0 saturated carbocycles. The van der Waals surface area contributed by atoms with Gasteiger partial charge in [0.15, 0.2) is 0 Å². The van der Waals surface area contributed by atoms with Crippen LogP contribution in [0.25, 0.3) is 0 Å². The second-order valence-corrected chi connectivity index (χ2v) is 3.73. The maximum atomic E-state index is 12.5. The number of hydrogen-bond acceptors (Lipinski definition) is 3. The Balaban J connectivity index is 2.85. The van der Waals surface area contributed by atoms with E-state index in [1.165, 1.54) is 0 Å². The van der Waals surface area contributed by atoms with Crippen molar-refractivity contribution < 1.29 is 18.0 Å². The molecule has 4 nitrogen and oxygen atoms in total. The van der Waals surface area contributed by atoms with Gasteiger partial charge in [-0.1, -0.05) is 5.92 Å². The average Bonchev–Trinajstić information content (AvgIpc) is 2.38. The fourth-order valence-corrected chi connectivity index (χ4v) is 1.36. The molecule has 0 atom stereocenters. The van der Waals surface area contributed by atoms with Gasteiger partial charge in [-0.15, -0.1) is 6.42 Å². The van der Waals surface area contributed by atoms with Crippen molar-refractivity contribution in [2.24, 2.45) is 0 Å². The predicted octanol–water partition coefficient (Wildman–Crippen LogP) is 1.74. The number of carbonyl (C=O) groups is 1. The zero-order valence-corrected chi connectivity index (χ0v) is 10.2. The highest BCUT2D eigenvalue weighted by molar-refractivity contribution is 5.93. The van der Waals surface area contributed by atoms with Gasteiger partial charge in [-0.05, 0) is 18.2 Å². The van der Waals surface area contributed by atoms with Crippen molar-refractivity contribution in [3.63, 3.8) is 0 Å². The van der Waals surface area contributed by atoms with Crippen LogP contribution in [-0.4, -0.2) is 19.0 Å². The first-order chi connectivity index (χ1) is 9.38. The summed E-state index contributed by atoms with van der Waals surface area (Å²) in [6, 6.07) is 4.14. The lowest BCUT2D eigenvalue weighted by Crippen LogP contribution is -2.28. The number of hydrogen-bond donors (Lipinski definition) is 2. The quantitative estimate of drug-likeness (QED) is 0.652. The fraction of sp³-hybridized carbons (Fsp3) is 0.231. The number of nitrogens with one attached hydrogen (secondary N) is 2. The molecule has 1 aromatic rings. The van der Waals surface area contributed by atoms with Crippen molar-refractivity contribution in [3.8, 4) is 18.4 Å². The lowest BCUT2D eigenvalue weighted by molar-refractivity contribution is -0.137. The molecule has 7 heteroatoms. The standard InChI is InChI=1S/C13H10F3N3O/c1-2-5-18-8-12(20)19-11-4-3-10(13(14,15)16)6-9(11)7-17/h1,3-4,6,18H,5,8H2,(H,19,20). The van der Waals surface area contributed by atoms with E-state index in [0.717, 1.165) is 12.1 Å². The molecule has 104 valence electrons. The minimum absolute atomic E-state index is 0.0213. The highest BCUT2D eigenvalue weighted by atomic mass is 19.4. The second kappa shape index (κ2) is 6.60. The highest BCUT2D eigenvalue weighted by Gasteiger charge is 2.31. The molecule has 0 fully saturated rings. The first kappa shape index (κ1) is 15.5. The van der Waals surface area contributed by atoms with Gasteiger partial charge in [0, 0.05) is 0 Å². The van der Waals surface area contributed by atoms with Crippen LogP contribution >= 0.6 is 0 Å². The summed E-state index contributed by atoms with van der Waals surface area (Å²) in [5.41, 5.74) is -1.18. The van der Waals surface area contributed by atoms with Gasteiger partial charge in [0.25, 0.3) is 0 Å². The minimum Gasteiger partial charge on any atom is -0.324 e. The van der Waals surface area contributed by atoms with Crippen LogP contribution in [0.3, 0.4) is 0 Å². The van der Waals surface area contributed by atoms with Gasteiger partial charge in [-0.25, -0.2) is 0 Å². The largest absolute Gasteiger partial charge is 0.416 e. The predicted molar refractivity (Wildman–Crippen MR) is 66.5 cm³/mol. The second-order valence-electron chi connectivity index (χ2n) is 3.73. The number of halogens is 3. The molecule has 0 radical (unpaired) electrons. The Kier molecular flexibility index (Phi) is 5.13. The molecule has 1 aromatic carbocycles. The van der Waals surface area contributed by atoms with Crippen LogP contribution in [0.2, 0.25) is 0 Å². The highest BCUT2D eigenvalue weighted by Crippen LogP contribution is 2.31. The molecule has 0 aliphatic heterocycles. The SMILES string of the molecule is C#CCNCC(=O)Nc1ccc(C(F)(F)F)cc1C#N. The normalized spacial score (nSPS) is 10.4. The van der Waals surface area contributed by atoms with Crippen LogP contribution in [0.4, 0.5) is 18.9 Å². The van der Waals surface area contributed by atoms with Crippen LogP contribution < -0.4 is 10.6 Å². The Labute approximate surface area is 113 Å². The summed E-state index contributed by atoms with van der Waals surface area (Å²) in [7, 11) is 0. The molecule has 0 bridgehead atoms. The molecule has 0 saturated heterocycles. The summed E-state index contributed by atoms with van der Waals surface area (Å²) < 4.78 is 37.4. The van der Waals surface area contributed by atoms with E-state index < -0.39 is 17.6 Å². The number of anilines is 1. The van der Waals surface area contributed by atoms with Crippen molar-refractivity contribution in [2.45, 2.75) is 6.18 Å². The molecule has 0 spiro atoms. The molecule has 0 unspecified atom stereocenters. The number of alkyl halides is 3. The number of terminal acetylenes is 1. The molecule has 0 aliphatic rings. The van der Waals surface area contributed by atoms with Crippen molar-refractivity contribution in [2.75, 3.05) is 18.4 Å². The number of nitriles is 1. The van der Waals surface area contributed by atoms with E-state index in [-0.39, 0.29) is 24.3 Å². The first-order valence-electron chi connectivity index (χ1n) is 5.44. The number of carbonyl (C=O) groups excluding carboxylic acids is 1. The lowest BCUT2D eigenvalue weighted by Gasteiger charge is -2.11. The van der Waals surface area contributed by atoms with Crippen molar-refractivity contribution >= 4 is 11.6 Å². The molecule has 2 N–H and O–H groups in total. The fourth-order valence-electron chi connectivity index (χ4n) is 1.36. The summed E-state index contributed by atoms with van der Waals surface area (Å²) in [6.07, 6.45) is 0.437. The van der Waals surface area contributed by atoms with E-state index in [1.807, 2.05) is 0 Å². The van der Waals surface area contributed by atoms with Gasteiger partial charge in [-0.3, -0.25) is 10.1 Å². The topological polar surface area (TPSA) is 64.9 Å². The van der Waals surface area contributed by atoms with Crippen LogP contribution in [0.15, 0.2) is 18.2 Å². The van der Waals surface area contributed by atoms with Gasteiger partial charge in [0.05, 0.1) is 29.9 Å². The molecule has 20 heavy (non-hydrogen) atoms. The summed E-state index contributed by atoms with van der Waals surface area (Å²) >= 11 is 0. The Morgan fingerprint density at radius 1 is 1.40 bits per heavy atom. The molecule has 1 amide bonds. The molecular weight excluding hydrogens is 271 g/mol. The Hall–Kier alpha value is -2.51. The maximum absolute atomic E-state index is 12.5. The number of nitrogens with zero attached hydrogens (tertiary/aromatic N) is 1. The summed E-state index contributed by atoms with van der Waals surface area (Å²) in [5.74, 6) is 1.76. The third-order valence-electron chi connectivity index (χ3n) is 2.25. The van der Waals surface area contributed by atoms with Crippen LogP contribution in [-0.2, 0) is 11.0 Å². The minimum atomic E-state index is -4.54. The number of rotatable bonds is 4. The van der Waals surface area contributed by atoms with Gasteiger partial charge in [0.1, 0.15) is 6.07 Å². The zero-order chi connectivity index (χ0) is 15.2. The van der Waals surface area contributed by atoms with E-state index in [1.54, 1.807) is 6.07 Å². The number of benzene rings is 1. The van der Waals surface area contributed by atoms with E-state index in [2.05, 4.69) is 16.6 Å². The third kappa shape index (κ3) is 4.30. The Bertz CT molecular complexity index is 582. The van der Waals surface area contributed by atoms with Crippen LogP contribution in [0.5, 0.6) is 0 Å². The molecule has 0 aliphatic carbocycles. The maximum Gasteiger partial charge on any atom is 0.416 e. The monoisotopic (exact) mass is 281 g/mol. The molecule has 1 rings (SSSR count). The van der Waals surface area contributed by atoms with E-state index >= 15 is 0 Å². The van der Waals surface area contributed by atoms with Crippen molar-refractivity contribution in [1.82, 2.24) is 5.32 Å². The van der Waals surface area contributed by atoms with Gasteiger partial charge < -0.3 is 5.32 Å². The van der Waals surface area contributed by atoms with Gasteiger partial charge in [-0.2, -0.15) is 18.4 Å². The zero-order valence-electron chi connectivity index (χ0n) is 10.2. The summed E-state index contributed by atoms with van der Waals surface area (Å²) in [5, 5.41) is 13.8. The van der Waals surface area contributed by atoms with E-state index in [0.29, 0.717) is 6.07 Å². The first-order valence-corrected chi connectivity index (χ1v) is 5.44. The van der Waals surface area contributed by atoms with E-state index in [9.17, 15) is 18.0 Å².